The lowest BCUT2D eigenvalue weighted by Gasteiger charge is -2.28. The fourth-order valence-electron chi connectivity index (χ4n) is 3.45. The molecule has 0 bridgehead atoms. The largest absolute Gasteiger partial charge is 0.382 e. The van der Waals surface area contributed by atoms with Gasteiger partial charge in [0, 0.05) is 18.7 Å². The predicted molar refractivity (Wildman–Crippen MR) is 88.9 cm³/mol. The zero-order valence-electron chi connectivity index (χ0n) is 12.6. The number of hydrogen-bond donors (Lipinski definition) is 1. The second kappa shape index (κ2) is 5.61. The Morgan fingerprint density at radius 1 is 1.04 bits per heavy atom. The van der Waals surface area contributed by atoms with Crippen molar-refractivity contribution in [2.24, 2.45) is 10.9 Å². The lowest BCUT2D eigenvalue weighted by molar-refractivity contribution is -0.121. The summed E-state index contributed by atoms with van der Waals surface area (Å²) in [5, 5.41) is 3.33. The lowest BCUT2D eigenvalue weighted by Crippen LogP contribution is -2.36. The van der Waals surface area contributed by atoms with Crippen molar-refractivity contribution in [3.8, 4) is 0 Å². The summed E-state index contributed by atoms with van der Waals surface area (Å²) in [4.78, 5) is 17.4. The summed E-state index contributed by atoms with van der Waals surface area (Å²) in [6.07, 6.45) is 1.24. The summed E-state index contributed by atoms with van der Waals surface area (Å²) in [7, 11) is 0. The van der Waals surface area contributed by atoms with Crippen molar-refractivity contribution in [3.05, 3.63) is 59.9 Å². The van der Waals surface area contributed by atoms with Crippen LogP contribution < -0.4 is 5.32 Å². The molecule has 0 amide bonds. The van der Waals surface area contributed by atoms with Crippen LogP contribution in [0.5, 0.6) is 0 Å². The van der Waals surface area contributed by atoms with Crippen LogP contribution in [-0.2, 0) is 4.79 Å². The molecule has 116 valence electrons. The Morgan fingerprint density at radius 3 is 2.65 bits per heavy atom. The molecule has 2 aliphatic rings. The maximum atomic E-state index is 13.1. The van der Waals surface area contributed by atoms with Crippen molar-refractivity contribution in [2.75, 3.05) is 11.9 Å². The van der Waals surface area contributed by atoms with Gasteiger partial charge in [-0.2, -0.15) is 0 Å². The summed E-state index contributed by atoms with van der Waals surface area (Å²) in [5.74, 6) is -0.106. The Kier molecular flexibility index (Phi) is 3.45. The SMILES string of the molecule is O=C1CC(c2ccc(F)cc2)CC2=Nc3ccccc3NCC12. The molecule has 2 aromatic rings. The van der Waals surface area contributed by atoms with Crippen molar-refractivity contribution in [3.63, 3.8) is 0 Å². The number of ketones is 1. The highest BCUT2D eigenvalue weighted by Gasteiger charge is 2.35. The minimum absolute atomic E-state index is 0.0864. The third kappa shape index (κ3) is 2.65. The summed E-state index contributed by atoms with van der Waals surface area (Å²) in [5.41, 5.74) is 3.80. The number of carbonyl (C=O) groups is 1. The number of halogens is 1. The highest BCUT2D eigenvalue weighted by molar-refractivity contribution is 6.10. The van der Waals surface area contributed by atoms with Crippen LogP contribution in [0.1, 0.15) is 24.3 Å². The molecule has 2 aromatic carbocycles. The average Bonchev–Trinajstić information content (AvgIpc) is 2.74. The van der Waals surface area contributed by atoms with Crippen molar-refractivity contribution in [2.45, 2.75) is 18.8 Å². The van der Waals surface area contributed by atoms with Gasteiger partial charge in [-0.15, -0.1) is 0 Å². The monoisotopic (exact) mass is 308 g/mol. The quantitative estimate of drug-likeness (QED) is 0.862. The van der Waals surface area contributed by atoms with Gasteiger partial charge in [-0.05, 0) is 42.2 Å². The van der Waals surface area contributed by atoms with Gasteiger partial charge in [0.1, 0.15) is 11.6 Å². The van der Waals surface area contributed by atoms with E-state index in [4.69, 9.17) is 4.99 Å². The van der Waals surface area contributed by atoms with E-state index in [0.717, 1.165) is 29.1 Å². The Hall–Kier alpha value is -2.49. The molecule has 4 heteroatoms. The first-order valence-electron chi connectivity index (χ1n) is 7.89. The number of rotatable bonds is 1. The Morgan fingerprint density at radius 2 is 1.83 bits per heavy atom. The predicted octanol–water partition coefficient (Wildman–Crippen LogP) is 4.09. The van der Waals surface area contributed by atoms with Crippen LogP contribution in [0.15, 0.2) is 53.5 Å². The highest BCUT2D eigenvalue weighted by atomic mass is 19.1. The second-order valence-corrected chi connectivity index (χ2v) is 6.18. The summed E-state index contributed by atoms with van der Waals surface area (Å²) < 4.78 is 13.1. The van der Waals surface area contributed by atoms with Crippen LogP contribution in [0.4, 0.5) is 15.8 Å². The molecular formula is C19H17FN2O. The van der Waals surface area contributed by atoms with Gasteiger partial charge in [-0.25, -0.2) is 4.39 Å². The standard InChI is InChI=1S/C19H17FN2O/c20-14-7-5-12(6-8-14)13-9-18-15(19(23)10-13)11-21-16-3-1-2-4-17(16)22-18/h1-8,13,15,21H,9-11H2. The molecule has 0 saturated heterocycles. The maximum Gasteiger partial charge on any atom is 0.143 e. The van der Waals surface area contributed by atoms with Gasteiger partial charge in [-0.3, -0.25) is 9.79 Å². The van der Waals surface area contributed by atoms with E-state index in [-0.39, 0.29) is 23.4 Å². The van der Waals surface area contributed by atoms with Gasteiger partial charge >= 0.3 is 0 Å². The van der Waals surface area contributed by atoms with E-state index in [2.05, 4.69) is 5.32 Å². The van der Waals surface area contributed by atoms with E-state index in [0.29, 0.717) is 13.0 Å². The fraction of sp³-hybridized carbons (Fsp3) is 0.263. The van der Waals surface area contributed by atoms with Crippen molar-refractivity contribution in [1.82, 2.24) is 0 Å². The summed E-state index contributed by atoms with van der Waals surface area (Å²) >= 11 is 0. The minimum atomic E-state index is -0.251. The molecule has 1 N–H and O–H groups in total. The number of nitrogens with one attached hydrogen (secondary N) is 1. The maximum absolute atomic E-state index is 13.1. The first-order chi connectivity index (χ1) is 11.2. The lowest BCUT2D eigenvalue weighted by atomic mass is 9.76. The van der Waals surface area contributed by atoms with E-state index in [1.165, 1.54) is 12.1 Å². The van der Waals surface area contributed by atoms with E-state index >= 15 is 0 Å². The molecular weight excluding hydrogens is 291 g/mol. The van der Waals surface area contributed by atoms with Crippen molar-refractivity contribution < 1.29 is 9.18 Å². The normalized spacial score (nSPS) is 23.2. The molecule has 2 unspecified atom stereocenters. The number of aliphatic imine (C=N–C) groups is 1. The third-order valence-electron chi connectivity index (χ3n) is 4.70. The topological polar surface area (TPSA) is 41.5 Å². The number of nitrogens with zero attached hydrogens (tertiary/aromatic N) is 1. The van der Waals surface area contributed by atoms with Gasteiger partial charge in [0.15, 0.2) is 0 Å². The van der Waals surface area contributed by atoms with E-state index in [1.54, 1.807) is 12.1 Å². The molecule has 2 atom stereocenters. The van der Waals surface area contributed by atoms with Crippen LogP contribution in [0.3, 0.4) is 0 Å². The molecule has 1 saturated carbocycles. The van der Waals surface area contributed by atoms with Gasteiger partial charge in [0.05, 0.1) is 17.3 Å². The Labute approximate surface area is 134 Å². The molecule has 1 heterocycles. The first-order valence-corrected chi connectivity index (χ1v) is 7.89. The number of fused-ring (bicyclic) bond motifs is 2. The molecule has 1 fully saturated rings. The van der Waals surface area contributed by atoms with E-state index < -0.39 is 0 Å². The smallest absolute Gasteiger partial charge is 0.143 e. The van der Waals surface area contributed by atoms with Crippen LogP contribution in [-0.4, -0.2) is 18.0 Å². The molecule has 3 nitrogen and oxygen atoms in total. The number of para-hydroxylation sites is 2. The number of carbonyl (C=O) groups excluding carboxylic acids is 1. The van der Waals surface area contributed by atoms with Crippen LogP contribution in [0.2, 0.25) is 0 Å². The van der Waals surface area contributed by atoms with Gasteiger partial charge in [0.2, 0.25) is 0 Å². The average molecular weight is 308 g/mol. The highest BCUT2D eigenvalue weighted by Crippen LogP contribution is 2.37. The molecule has 0 spiro atoms. The van der Waals surface area contributed by atoms with E-state index in [1.807, 2.05) is 24.3 Å². The molecule has 0 radical (unpaired) electrons. The second-order valence-electron chi connectivity index (χ2n) is 6.18. The number of hydrogen-bond acceptors (Lipinski definition) is 3. The molecule has 0 aromatic heterocycles. The van der Waals surface area contributed by atoms with Crippen LogP contribution in [0.25, 0.3) is 0 Å². The fourth-order valence-corrected chi connectivity index (χ4v) is 3.45. The Bertz CT molecular complexity index is 782. The molecule has 4 rings (SSSR count). The Balaban J connectivity index is 1.69. The minimum Gasteiger partial charge on any atom is -0.382 e. The molecule has 1 aliphatic heterocycles. The van der Waals surface area contributed by atoms with Gasteiger partial charge < -0.3 is 5.32 Å². The molecule has 1 aliphatic carbocycles. The number of anilines is 1. The summed E-state index contributed by atoms with van der Waals surface area (Å²) in [6.45, 7) is 0.602. The third-order valence-corrected chi connectivity index (χ3v) is 4.70. The van der Waals surface area contributed by atoms with Crippen LogP contribution in [0, 0.1) is 11.7 Å². The first kappa shape index (κ1) is 14.1. The molecule has 23 heavy (non-hydrogen) atoms. The van der Waals surface area contributed by atoms with Crippen molar-refractivity contribution in [1.29, 1.82) is 0 Å². The number of Topliss-reactive ketones (excluding diaryl/α,β-unsaturated/α-hetero) is 1. The van der Waals surface area contributed by atoms with Crippen molar-refractivity contribution >= 4 is 22.9 Å². The van der Waals surface area contributed by atoms with Gasteiger partial charge in [-0.1, -0.05) is 24.3 Å². The number of benzene rings is 2. The van der Waals surface area contributed by atoms with Crippen LogP contribution >= 0.6 is 0 Å². The zero-order chi connectivity index (χ0) is 15.8. The van der Waals surface area contributed by atoms with Gasteiger partial charge in [0.25, 0.3) is 0 Å². The van der Waals surface area contributed by atoms with E-state index in [9.17, 15) is 9.18 Å². The zero-order valence-corrected chi connectivity index (χ0v) is 12.6. The summed E-state index contributed by atoms with van der Waals surface area (Å²) in [6, 6.07) is 14.3.